The number of phenols is 1. The number of benzene rings is 2. The average molecular weight is 336 g/mol. The maximum absolute atomic E-state index is 12.7. The van der Waals surface area contributed by atoms with Gasteiger partial charge in [-0.1, -0.05) is 23.2 Å². The fourth-order valence-electron chi connectivity index (χ4n) is 2.47. The third kappa shape index (κ3) is 2.56. The van der Waals surface area contributed by atoms with Crippen LogP contribution < -0.4 is 4.90 Å². The zero-order valence-corrected chi connectivity index (χ0v) is 12.9. The molecule has 112 valence electrons. The van der Waals surface area contributed by atoms with Crippen LogP contribution in [0.15, 0.2) is 36.4 Å². The first-order chi connectivity index (χ1) is 10.5. The van der Waals surface area contributed by atoms with Crippen molar-refractivity contribution in [3.05, 3.63) is 57.6 Å². The molecule has 2 aromatic rings. The SMILES string of the molecule is O=C1CCN(C(=O)c2ccc(Cl)cc2Cl)c2cc(O)ccc21. The molecule has 2 aromatic carbocycles. The Morgan fingerprint density at radius 1 is 1.14 bits per heavy atom. The first-order valence-corrected chi connectivity index (χ1v) is 7.36. The maximum atomic E-state index is 12.7. The molecule has 4 nitrogen and oxygen atoms in total. The molecule has 1 aliphatic heterocycles. The van der Waals surface area contributed by atoms with E-state index >= 15 is 0 Å². The first-order valence-electron chi connectivity index (χ1n) is 6.60. The average Bonchev–Trinajstić information content (AvgIpc) is 2.47. The minimum atomic E-state index is -0.332. The van der Waals surface area contributed by atoms with Crippen LogP contribution in [0.2, 0.25) is 10.0 Å². The molecule has 1 aliphatic rings. The van der Waals surface area contributed by atoms with Crippen LogP contribution in [-0.2, 0) is 0 Å². The highest BCUT2D eigenvalue weighted by atomic mass is 35.5. The Bertz CT molecular complexity index is 789. The number of nitrogens with zero attached hydrogens (tertiary/aromatic N) is 1. The van der Waals surface area contributed by atoms with E-state index in [1.54, 1.807) is 12.1 Å². The van der Waals surface area contributed by atoms with Crippen LogP contribution >= 0.6 is 23.2 Å². The number of halogens is 2. The number of amides is 1. The third-order valence-electron chi connectivity index (χ3n) is 3.54. The van der Waals surface area contributed by atoms with Crippen molar-refractivity contribution < 1.29 is 14.7 Å². The summed E-state index contributed by atoms with van der Waals surface area (Å²) < 4.78 is 0. The summed E-state index contributed by atoms with van der Waals surface area (Å²) in [7, 11) is 0. The van der Waals surface area contributed by atoms with E-state index in [0.717, 1.165) is 0 Å². The number of aromatic hydroxyl groups is 1. The number of hydrogen-bond acceptors (Lipinski definition) is 3. The lowest BCUT2D eigenvalue weighted by atomic mass is 9.99. The summed E-state index contributed by atoms with van der Waals surface area (Å²) in [4.78, 5) is 26.1. The van der Waals surface area contributed by atoms with Crippen LogP contribution in [0.5, 0.6) is 5.75 Å². The predicted molar refractivity (Wildman–Crippen MR) is 85.2 cm³/mol. The lowest BCUT2D eigenvalue weighted by Gasteiger charge is -2.29. The van der Waals surface area contributed by atoms with Gasteiger partial charge < -0.3 is 10.0 Å². The van der Waals surface area contributed by atoms with E-state index in [2.05, 4.69) is 0 Å². The normalized spacial score (nSPS) is 13.9. The van der Waals surface area contributed by atoms with Gasteiger partial charge in [0.25, 0.3) is 5.91 Å². The highest BCUT2D eigenvalue weighted by Crippen LogP contribution is 2.33. The van der Waals surface area contributed by atoms with Crippen molar-refractivity contribution in [1.82, 2.24) is 0 Å². The number of carbonyl (C=O) groups excluding carboxylic acids is 2. The Hall–Kier alpha value is -2.04. The standard InChI is InChI=1S/C16H11Cl2NO3/c17-9-1-3-11(13(18)7-9)16(22)19-6-5-15(21)12-4-2-10(20)8-14(12)19/h1-4,7-8,20H,5-6H2. The van der Waals surface area contributed by atoms with Crippen molar-refractivity contribution in [2.24, 2.45) is 0 Å². The first kappa shape index (κ1) is 14.9. The molecular formula is C16H11Cl2NO3. The lowest BCUT2D eigenvalue weighted by Crippen LogP contribution is -2.37. The van der Waals surface area contributed by atoms with Gasteiger partial charge >= 0.3 is 0 Å². The van der Waals surface area contributed by atoms with E-state index in [-0.39, 0.29) is 35.4 Å². The Morgan fingerprint density at radius 3 is 2.64 bits per heavy atom. The van der Waals surface area contributed by atoms with Crippen molar-refractivity contribution in [3.8, 4) is 5.75 Å². The molecule has 0 saturated carbocycles. The summed E-state index contributed by atoms with van der Waals surface area (Å²) in [5.41, 5.74) is 1.12. The number of rotatable bonds is 1. The molecule has 22 heavy (non-hydrogen) atoms. The second kappa shape index (κ2) is 5.63. The number of Topliss-reactive ketones (excluding diaryl/α,β-unsaturated/α-hetero) is 1. The van der Waals surface area contributed by atoms with E-state index < -0.39 is 0 Å². The van der Waals surface area contributed by atoms with Crippen LogP contribution in [0, 0.1) is 0 Å². The number of anilines is 1. The molecule has 0 aliphatic carbocycles. The van der Waals surface area contributed by atoms with E-state index in [0.29, 0.717) is 21.8 Å². The quantitative estimate of drug-likeness (QED) is 0.858. The fourth-order valence-corrected chi connectivity index (χ4v) is 2.96. The minimum absolute atomic E-state index is 0.00606. The van der Waals surface area contributed by atoms with E-state index in [4.69, 9.17) is 23.2 Å². The van der Waals surface area contributed by atoms with Crippen molar-refractivity contribution in [3.63, 3.8) is 0 Å². The Kier molecular flexibility index (Phi) is 3.81. The maximum Gasteiger partial charge on any atom is 0.259 e. The van der Waals surface area contributed by atoms with Gasteiger partial charge in [-0.15, -0.1) is 0 Å². The van der Waals surface area contributed by atoms with Crippen LogP contribution in [0.3, 0.4) is 0 Å². The largest absolute Gasteiger partial charge is 0.508 e. The zero-order chi connectivity index (χ0) is 15.9. The number of ketones is 1. The highest BCUT2D eigenvalue weighted by Gasteiger charge is 2.29. The van der Waals surface area contributed by atoms with Crippen LogP contribution in [0.25, 0.3) is 0 Å². The zero-order valence-electron chi connectivity index (χ0n) is 11.3. The molecule has 0 fully saturated rings. The van der Waals surface area contributed by atoms with Gasteiger partial charge in [0.05, 0.1) is 16.3 Å². The van der Waals surface area contributed by atoms with Crippen LogP contribution in [0.4, 0.5) is 5.69 Å². The number of fused-ring (bicyclic) bond motifs is 1. The molecule has 1 N–H and O–H groups in total. The summed E-state index contributed by atoms with van der Waals surface area (Å²) in [6, 6.07) is 8.99. The van der Waals surface area contributed by atoms with Gasteiger partial charge in [0.1, 0.15) is 5.75 Å². The molecule has 1 amide bonds. The van der Waals surface area contributed by atoms with Gasteiger partial charge in [-0.2, -0.15) is 0 Å². The molecule has 0 bridgehead atoms. The molecule has 3 rings (SSSR count). The molecular weight excluding hydrogens is 325 g/mol. The van der Waals surface area contributed by atoms with Gasteiger partial charge in [-0.3, -0.25) is 9.59 Å². The Labute approximate surface area is 136 Å². The highest BCUT2D eigenvalue weighted by molar-refractivity contribution is 6.37. The van der Waals surface area contributed by atoms with E-state index in [1.807, 2.05) is 0 Å². The third-order valence-corrected chi connectivity index (χ3v) is 4.09. The van der Waals surface area contributed by atoms with Crippen LogP contribution in [-0.4, -0.2) is 23.3 Å². The van der Waals surface area contributed by atoms with Crippen molar-refractivity contribution in [1.29, 1.82) is 0 Å². The molecule has 6 heteroatoms. The molecule has 0 radical (unpaired) electrons. The summed E-state index contributed by atoms with van der Waals surface area (Å²) in [6.07, 6.45) is 0.231. The van der Waals surface area contributed by atoms with Crippen molar-refractivity contribution >= 4 is 40.6 Å². The molecule has 0 atom stereocenters. The summed E-state index contributed by atoms with van der Waals surface area (Å²) >= 11 is 11.9. The molecule has 0 unspecified atom stereocenters. The number of hydrogen-bond donors (Lipinski definition) is 1. The minimum Gasteiger partial charge on any atom is -0.508 e. The molecule has 0 spiro atoms. The molecule has 0 saturated heterocycles. The fraction of sp³-hybridized carbons (Fsp3) is 0.125. The topological polar surface area (TPSA) is 57.6 Å². The molecule has 1 heterocycles. The van der Waals surface area contributed by atoms with Crippen molar-refractivity contribution in [2.75, 3.05) is 11.4 Å². The Morgan fingerprint density at radius 2 is 1.91 bits per heavy atom. The summed E-state index contributed by atoms with van der Waals surface area (Å²) in [5, 5.41) is 10.3. The second-order valence-electron chi connectivity index (χ2n) is 4.96. The van der Waals surface area contributed by atoms with Crippen LogP contribution in [0.1, 0.15) is 27.1 Å². The predicted octanol–water partition coefficient (Wildman–Crippen LogP) is 3.93. The van der Waals surface area contributed by atoms with Crippen molar-refractivity contribution in [2.45, 2.75) is 6.42 Å². The Balaban J connectivity index is 2.06. The number of phenolic OH excluding ortho intramolecular Hbond substituents is 1. The number of carbonyl (C=O) groups is 2. The monoisotopic (exact) mass is 335 g/mol. The lowest BCUT2D eigenvalue weighted by molar-refractivity contribution is 0.0955. The van der Waals surface area contributed by atoms with Gasteiger partial charge in [0, 0.05) is 29.6 Å². The van der Waals surface area contributed by atoms with Gasteiger partial charge in [0.2, 0.25) is 0 Å². The van der Waals surface area contributed by atoms with E-state index in [9.17, 15) is 14.7 Å². The molecule has 0 aromatic heterocycles. The summed E-state index contributed by atoms with van der Waals surface area (Å²) in [5.74, 6) is -0.393. The smallest absolute Gasteiger partial charge is 0.259 e. The van der Waals surface area contributed by atoms with Gasteiger partial charge in [-0.25, -0.2) is 0 Å². The van der Waals surface area contributed by atoms with Gasteiger partial charge in [-0.05, 0) is 30.3 Å². The van der Waals surface area contributed by atoms with Gasteiger partial charge in [0.15, 0.2) is 5.78 Å². The second-order valence-corrected chi connectivity index (χ2v) is 5.80. The summed E-state index contributed by atoms with van der Waals surface area (Å²) in [6.45, 7) is 0.243. The van der Waals surface area contributed by atoms with E-state index in [1.165, 1.54) is 29.2 Å².